The van der Waals surface area contributed by atoms with E-state index in [0.717, 1.165) is 28.7 Å². The Balaban J connectivity index is 1.96. The van der Waals surface area contributed by atoms with Gasteiger partial charge in [0.25, 0.3) is 0 Å². The first-order valence-corrected chi connectivity index (χ1v) is 7.13. The molecule has 0 heterocycles. The first kappa shape index (κ1) is 14.3. The predicted molar refractivity (Wildman–Crippen MR) is 81.8 cm³/mol. The Morgan fingerprint density at radius 2 is 1.68 bits per heavy atom. The molecule has 0 fully saturated rings. The second-order valence-corrected chi connectivity index (χ2v) is 5.52. The first-order valence-electron chi connectivity index (χ1n) is 6.34. The van der Waals surface area contributed by atoms with Gasteiger partial charge in [0.05, 0.1) is 6.61 Å². The average Bonchev–Trinajstić information content (AvgIpc) is 2.42. The number of benzene rings is 2. The summed E-state index contributed by atoms with van der Waals surface area (Å²) in [5.74, 6) is 0. The maximum Gasteiger partial charge on any atom is 0.0685 e. The topological polar surface area (TPSA) is 32.3 Å². The molecule has 2 aromatic carbocycles. The lowest BCUT2D eigenvalue weighted by Gasteiger charge is -2.10. The van der Waals surface area contributed by atoms with Crippen LogP contribution in [0.2, 0.25) is 0 Å². The van der Waals surface area contributed by atoms with Crippen LogP contribution in [0.25, 0.3) is 0 Å². The van der Waals surface area contributed by atoms with Crippen LogP contribution in [0, 0.1) is 6.92 Å². The summed E-state index contributed by atoms with van der Waals surface area (Å²) in [6.45, 7) is 3.81. The third-order valence-corrected chi connectivity index (χ3v) is 3.72. The SMILES string of the molecule is Cc1cc(Br)ccc1CNCc1ccccc1CO. The van der Waals surface area contributed by atoms with Crippen LogP contribution in [0.4, 0.5) is 0 Å². The molecule has 2 aromatic rings. The molecule has 0 atom stereocenters. The van der Waals surface area contributed by atoms with Gasteiger partial charge in [-0.15, -0.1) is 0 Å². The van der Waals surface area contributed by atoms with Crippen molar-refractivity contribution in [1.29, 1.82) is 0 Å². The van der Waals surface area contributed by atoms with E-state index in [-0.39, 0.29) is 6.61 Å². The number of nitrogens with one attached hydrogen (secondary N) is 1. The van der Waals surface area contributed by atoms with Crippen molar-refractivity contribution in [3.8, 4) is 0 Å². The maximum atomic E-state index is 9.28. The highest BCUT2D eigenvalue weighted by Gasteiger charge is 2.02. The van der Waals surface area contributed by atoms with E-state index in [1.54, 1.807) is 0 Å². The summed E-state index contributed by atoms with van der Waals surface area (Å²) in [5, 5.41) is 12.7. The quantitative estimate of drug-likeness (QED) is 0.883. The molecule has 3 heteroatoms. The number of aliphatic hydroxyl groups is 1. The summed E-state index contributed by atoms with van der Waals surface area (Å²) in [6, 6.07) is 14.3. The van der Waals surface area contributed by atoms with Crippen LogP contribution < -0.4 is 5.32 Å². The van der Waals surface area contributed by atoms with Crippen molar-refractivity contribution >= 4 is 15.9 Å². The Morgan fingerprint density at radius 3 is 2.37 bits per heavy atom. The van der Waals surface area contributed by atoms with Gasteiger partial charge in [-0.1, -0.05) is 46.3 Å². The van der Waals surface area contributed by atoms with Gasteiger partial charge < -0.3 is 10.4 Å². The van der Waals surface area contributed by atoms with Gasteiger partial charge in [-0.3, -0.25) is 0 Å². The van der Waals surface area contributed by atoms with Crippen molar-refractivity contribution in [2.75, 3.05) is 0 Å². The first-order chi connectivity index (χ1) is 9.20. The summed E-state index contributed by atoms with van der Waals surface area (Å²) in [6.07, 6.45) is 0. The molecular weight excluding hydrogens is 302 g/mol. The molecule has 0 aliphatic heterocycles. The van der Waals surface area contributed by atoms with E-state index in [4.69, 9.17) is 0 Å². The Hall–Kier alpha value is -1.16. The van der Waals surface area contributed by atoms with E-state index < -0.39 is 0 Å². The highest BCUT2D eigenvalue weighted by molar-refractivity contribution is 9.10. The molecule has 0 radical (unpaired) electrons. The standard InChI is InChI=1S/C16H18BrNO/c1-12-8-16(17)7-6-13(12)9-18-10-14-4-2-3-5-15(14)11-19/h2-8,18-19H,9-11H2,1H3. The lowest BCUT2D eigenvalue weighted by atomic mass is 10.1. The van der Waals surface area contributed by atoms with Crippen LogP contribution in [-0.2, 0) is 19.7 Å². The molecule has 0 aliphatic carbocycles. The van der Waals surface area contributed by atoms with Crippen LogP contribution in [0.5, 0.6) is 0 Å². The van der Waals surface area contributed by atoms with E-state index in [1.165, 1.54) is 11.1 Å². The van der Waals surface area contributed by atoms with E-state index in [9.17, 15) is 5.11 Å². The fourth-order valence-electron chi connectivity index (χ4n) is 2.07. The number of halogens is 1. The third kappa shape index (κ3) is 3.90. The minimum Gasteiger partial charge on any atom is -0.392 e. The zero-order valence-electron chi connectivity index (χ0n) is 11.0. The van der Waals surface area contributed by atoms with Crippen molar-refractivity contribution in [3.05, 3.63) is 69.2 Å². The maximum absolute atomic E-state index is 9.28. The number of hydrogen-bond donors (Lipinski definition) is 2. The molecule has 2 rings (SSSR count). The summed E-state index contributed by atoms with van der Waals surface area (Å²) in [4.78, 5) is 0. The lowest BCUT2D eigenvalue weighted by molar-refractivity contribution is 0.280. The molecule has 100 valence electrons. The van der Waals surface area contributed by atoms with Crippen LogP contribution in [-0.4, -0.2) is 5.11 Å². The van der Waals surface area contributed by atoms with Crippen molar-refractivity contribution in [2.45, 2.75) is 26.6 Å². The van der Waals surface area contributed by atoms with E-state index >= 15 is 0 Å². The van der Waals surface area contributed by atoms with E-state index in [2.05, 4.69) is 46.4 Å². The fourth-order valence-corrected chi connectivity index (χ4v) is 2.55. The zero-order chi connectivity index (χ0) is 13.7. The van der Waals surface area contributed by atoms with Gasteiger partial charge in [-0.05, 0) is 41.3 Å². The fraction of sp³-hybridized carbons (Fsp3) is 0.250. The van der Waals surface area contributed by atoms with Crippen LogP contribution in [0.15, 0.2) is 46.9 Å². The van der Waals surface area contributed by atoms with Crippen LogP contribution in [0.1, 0.15) is 22.3 Å². The van der Waals surface area contributed by atoms with Gasteiger partial charge in [0.1, 0.15) is 0 Å². The molecule has 0 aliphatic rings. The molecule has 19 heavy (non-hydrogen) atoms. The molecule has 0 aromatic heterocycles. The Morgan fingerprint density at radius 1 is 1.00 bits per heavy atom. The summed E-state index contributed by atoms with van der Waals surface area (Å²) >= 11 is 3.47. The van der Waals surface area contributed by atoms with Gasteiger partial charge in [-0.25, -0.2) is 0 Å². The predicted octanol–water partition coefficient (Wildman–Crippen LogP) is 3.54. The summed E-state index contributed by atoms with van der Waals surface area (Å²) in [7, 11) is 0. The lowest BCUT2D eigenvalue weighted by Crippen LogP contribution is -2.14. The number of aliphatic hydroxyl groups excluding tert-OH is 1. The molecule has 2 N–H and O–H groups in total. The molecule has 0 bridgehead atoms. The molecule has 0 spiro atoms. The Labute approximate surface area is 122 Å². The molecule has 2 nitrogen and oxygen atoms in total. The van der Waals surface area contributed by atoms with Crippen molar-refractivity contribution < 1.29 is 5.11 Å². The number of aryl methyl sites for hydroxylation is 1. The third-order valence-electron chi connectivity index (χ3n) is 3.22. The minimum atomic E-state index is 0.0924. The highest BCUT2D eigenvalue weighted by atomic mass is 79.9. The number of hydrogen-bond acceptors (Lipinski definition) is 2. The largest absolute Gasteiger partial charge is 0.392 e. The van der Waals surface area contributed by atoms with Crippen molar-refractivity contribution in [1.82, 2.24) is 5.32 Å². The van der Waals surface area contributed by atoms with E-state index in [0.29, 0.717) is 0 Å². The normalized spacial score (nSPS) is 10.7. The van der Waals surface area contributed by atoms with Crippen molar-refractivity contribution in [3.63, 3.8) is 0 Å². The van der Waals surface area contributed by atoms with Crippen LogP contribution >= 0.6 is 15.9 Å². The van der Waals surface area contributed by atoms with Crippen molar-refractivity contribution in [2.24, 2.45) is 0 Å². The second-order valence-electron chi connectivity index (χ2n) is 4.60. The molecular formula is C16H18BrNO. The Kier molecular flexibility index (Phi) is 5.14. The minimum absolute atomic E-state index is 0.0924. The van der Waals surface area contributed by atoms with Gasteiger partial charge >= 0.3 is 0 Å². The molecule has 0 unspecified atom stereocenters. The Bertz CT molecular complexity index is 554. The van der Waals surface area contributed by atoms with Crippen LogP contribution in [0.3, 0.4) is 0 Å². The van der Waals surface area contributed by atoms with Gasteiger partial charge in [0.15, 0.2) is 0 Å². The molecule has 0 saturated heterocycles. The second kappa shape index (κ2) is 6.85. The number of rotatable bonds is 5. The van der Waals surface area contributed by atoms with Gasteiger partial charge in [-0.2, -0.15) is 0 Å². The summed E-state index contributed by atoms with van der Waals surface area (Å²) in [5.41, 5.74) is 4.71. The molecule has 0 saturated carbocycles. The monoisotopic (exact) mass is 319 g/mol. The summed E-state index contributed by atoms with van der Waals surface area (Å²) < 4.78 is 1.11. The average molecular weight is 320 g/mol. The highest BCUT2D eigenvalue weighted by Crippen LogP contribution is 2.16. The smallest absolute Gasteiger partial charge is 0.0685 e. The van der Waals surface area contributed by atoms with E-state index in [1.807, 2.05) is 24.3 Å². The van der Waals surface area contributed by atoms with Gasteiger partial charge in [0, 0.05) is 17.6 Å². The molecule has 0 amide bonds. The van der Waals surface area contributed by atoms with Gasteiger partial charge in [0.2, 0.25) is 0 Å². The zero-order valence-corrected chi connectivity index (χ0v) is 12.6.